The van der Waals surface area contributed by atoms with Crippen molar-refractivity contribution in [3.63, 3.8) is 0 Å². The van der Waals surface area contributed by atoms with Crippen molar-refractivity contribution < 1.29 is 9.47 Å². The van der Waals surface area contributed by atoms with Gasteiger partial charge in [-0.15, -0.1) is 11.6 Å². The molecule has 3 heteroatoms. The van der Waals surface area contributed by atoms with Crippen LogP contribution in [0.25, 0.3) is 0 Å². The van der Waals surface area contributed by atoms with Crippen molar-refractivity contribution >= 4 is 11.6 Å². The summed E-state index contributed by atoms with van der Waals surface area (Å²) in [5, 5.41) is 0.380. The minimum absolute atomic E-state index is 0.0514. The Bertz CT molecular complexity index is 243. The normalized spacial score (nSPS) is 35.1. The first-order valence-corrected chi connectivity index (χ1v) is 9.10. The van der Waals surface area contributed by atoms with E-state index in [1.54, 1.807) is 0 Å². The molecule has 1 saturated heterocycles. The van der Waals surface area contributed by atoms with Gasteiger partial charge in [-0.25, -0.2) is 0 Å². The minimum atomic E-state index is 0.0514. The first kappa shape index (κ1) is 16.6. The molecule has 0 N–H and O–H groups in total. The molecule has 2 rings (SSSR count). The summed E-state index contributed by atoms with van der Waals surface area (Å²) in [4.78, 5) is 0. The highest BCUT2D eigenvalue weighted by atomic mass is 35.5. The summed E-state index contributed by atoms with van der Waals surface area (Å²) in [7, 11) is 0. The quantitative estimate of drug-likeness (QED) is 0.479. The van der Waals surface area contributed by atoms with E-state index >= 15 is 0 Å². The fourth-order valence-electron chi connectivity index (χ4n) is 3.38. The Morgan fingerprint density at radius 1 is 0.900 bits per heavy atom. The number of halogens is 1. The molecule has 2 fully saturated rings. The van der Waals surface area contributed by atoms with Crippen LogP contribution >= 0.6 is 11.6 Å². The topological polar surface area (TPSA) is 18.5 Å². The number of unbranched alkanes of at least 4 members (excludes halogenated alkanes) is 4. The molecular formula is C17H31ClO2. The summed E-state index contributed by atoms with van der Waals surface area (Å²) in [5.74, 6) is 1.20. The van der Waals surface area contributed by atoms with Crippen molar-refractivity contribution in [2.24, 2.45) is 11.8 Å². The molecule has 0 bridgehead atoms. The molecule has 0 aromatic rings. The Morgan fingerprint density at radius 3 is 2.20 bits per heavy atom. The highest BCUT2D eigenvalue weighted by Crippen LogP contribution is 2.33. The zero-order valence-electron chi connectivity index (χ0n) is 13.0. The molecule has 0 atom stereocenters. The van der Waals surface area contributed by atoms with Crippen LogP contribution in [0.1, 0.15) is 71.1 Å². The predicted octanol–water partition coefficient (Wildman–Crippen LogP) is 5.13. The molecule has 1 aliphatic carbocycles. The van der Waals surface area contributed by atoms with Crippen LogP contribution in [0.5, 0.6) is 0 Å². The maximum Gasteiger partial charge on any atom is 0.160 e. The Hall–Kier alpha value is 0.210. The van der Waals surface area contributed by atoms with Gasteiger partial charge in [0.05, 0.1) is 13.2 Å². The summed E-state index contributed by atoms with van der Waals surface area (Å²) in [6, 6.07) is 0. The van der Waals surface area contributed by atoms with Crippen molar-refractivity contribution in [2.45, 2.75) is 82.8 Å². The van der Waals surface area contributed by atoms with E-state index in [1.165, 1.54) is 51.4 Å². The van der Waals surface area contributed by atoms with Gasteiger partial charge in [-0.05, 0) is 32.1 Å². The smallest absolute Gasteiger partial charge is 0.160 e. The van der Waals surface area contributed by atoms with Crippen LogP contribution in [0.4, 0.5) is 0 Å². The standard InChI is InChI=1S/C17H31ClO2/c1-2-3-4-5-6-7-14-12-19-17(20-13-14)15-8-10-16(18)11-9-15/h14-17H,2-13H2,1H3/t14-,15-,16-,17-. The van der Waals surface area contributed by atoms with Crippen LogP contribution in [-0.2, 0) is 9.47 Å². The molecular weight excluding hydrogens is 272 g/mol. The van der Waals surface area contributed by atoms with E-state index in [2.05, 4.69) is 6.92 Å². The molecule has 20 heavy (non-hydrogen) atoms. The lowest BCUT2D eigenvalue weighted by molar-refractivity contribution is -0.228. The van der Waals surface area contributed by atoms with Gasteiger partial charge in [0.25, 0.3) is 0 Å². The fourth-order valence-corrected chi connectivity index (χ4v) is 3.64. The minimum Gasteiger partial charge on any atom is -0.352 e. The van der Waals surface area contributed by atoms with Crippen LogP contribution in [0, 0.1) is 11.8 Å². The largest absolute Gasteiger partial charge is 0.352 e. The predicted molar refractivity (Wildman–Crippen MR) is 84.2 cm³/mol. The first-order valence-electron chi connectivity index (χ1n) is 8.67. The zero-order chi connectivity index (χ0) is 14.2. The zero-order valence-corrected chi connectivity index (χ0v) is 13.7. The number of alkyl halides is 1. The third-order valence-corrected chi connectivity index (χ3v) is 5.23. The van der Waals surface area contributed by atoms with E-state index in [0.29, 0.717) is 17.2 Å². The molecule has 0 spiro atoms. The lowest BCUT2D eigenvalue weighted by atomic mass is 9.88. The third-order valence-electron chi connectivity index (χ3n) is 4.79. The van der Waals surface area contributed by atoms with Gasteiger partial charge in [0.1, 0.15) is 0 Å². The number of hydrogen-bond acceptors (Lipinski definition) is 2. The van der Waals surface area contributed by atoms with Gasteiger partial charge in [0.15, 0.2) is 6.29 Å². The Labute approximate surface area is 129 Å². The van der Waals surface area contributed by atoms with Crippen molar-refractivity contribution in [1.82, 2.24) is 0 Å². The summed E-state index contributed by atoms with van der Waals surface area (Å²) in [5.41, 5.74) is 0. The second kappa shape index (κ2) is 9.27. The molecule has 0 amide bonds. The molecule has 0 aromatic heterocycles. The molecule has 0 unspecified atom stereocenters. The van der Waals surface area contributed by atoms with Crippen LogP contribution in [0.15, 0.2) is 0 Å². The number of ether oxygens (including phenoxy) is 2. The number of hydrogen-bond donors (Lipinski definition) is 0. The van der Waals surface area contributed by atoms with E-state index in [9.17, 15) is 0 Å². The molecule has 1 saturated carbocycles. The first-order chi connectivity index (χ1) is 9.79. The van der Waals surface area contributed by atoms with E-state index < -0.39 is 0 Å². The lowest BCUT2D eigenvalue weighted by Gasteiger charge is -2.36. The van der Waals surface area contributed by atoms with Crippen molar-refractivity contribution in [3.05, 3.63) is 0 Å². The molecule has 0 aromatic carbocycles. The van der Waals surface area contributed by atoms with Crippen LogP contribution in [-0.4, -0.2) is 24.9 Å². The van der Waals surface area contributed by atoms with Gasteiger partial charge in [-0.2, -0.15) is 0 Å². The molecule has 1 aliphatic heterocycles. The molecule has 2 nitrogen and oxygen atoms in total. The SMILES string of the molecule is CCCCCCC[C@H]1CO[C@H]([C@H]2CC[C@H](Cl)CC2)OC1. The number of rotatable bonds is 7. The highest BCUT2D eigenvalue weighted by Gasteiger charge is 2.31. The maximum absolute atomic E-state index is 6.16. The van der Waals surface area contributed by atoms with E-state index in [1.807, 2.05) is 0 Å². The van der Waals surface area contributed by atoms with Crippen LogP contribution in [0.2, 0.25) is 0 Å². The second-order valence-electron chi connectivity index (χ2n) is 6.62. The van der Waals surface area contributed by atoms with Gasteiger partial charge in [-0.3, -0.25) is 0 Å². The average molecular weight is 303 g/mol. The lowest BCUT2D eigenvalue weighted by Crippen LogP contribution is -2.38. The van der Waals surface area contributed by atoms with Crippen LogP contribution < -0.4 is 0 Å². The molecule has 118 valence electrons. The Morgan fingerprint density at radius 2 is 1.55 bits per heavy atom. The van der Waals surface area contributed by atoms with Crippen molar-refractivity contribution in [1.29, 1.82) is 0 Å². The van der Waals surface area contributed by atoms with Gasteiger partial charge < -0.3 is 9.47 Å². The highest BCUT2D eigenvalue weighted by molar-refractivity contribution is 6.20. The van der Waals surface area contributed by atoms with Crippen LogP contribution in [0.3, 0.4) is 0 Å². The molecule has 1 heterocycles. The second-order valence-corrected chi connectivity index (χ2v) is 7.23. The monoisotopic (exact) mass is 302 g/mol. The van der Waals surface area contributed by atoms with E-state index in [4.69, 9.17) is 21.1 Å². The Balaban J connectivity index is 1.55. The molecule has 0 radical (unpaired) electrons. The van der Waals surface area contributed by atoms with Crippen molar-refractivity contribution in [3.8, 4) is 0 Å². The maximum atomic E-state index is 6.16. The Kier molecular flexibility index (Phi) is 7.69. The van der Waals surface area contributed by atoms with Gasteiger partial charge in [0, 0.05) is 17.2 Å². The summed E-state index contributed by atoms with van der Waals surface area (Å²) < 4.78 is 12.0. The van der Waals surface area contributed by atoms with Crippen molar-refractivity contribution in [2.75, 3.05) is 13.2 Å². The molecule has 2 aliphatic rings. The van der Waals surface area contributed by atoms with E-state index in [0.717, 1.165) is 26.1 Å². The summed E-state index contributed by atoms with van der Waals surface area (Å²) in [6.07, 6.45) is 12.7. The van der Waals surface area contributed by atoms with Gasteiger partial charge >= 0.3 is 0 Å². The fraction of sp³-hybridized carbons (Fsp3) is 1.00. The van der Waals surface area contributed by atoms with Gasteiger partial charge in [0.2, 0.25) is 0 Å². The average Bonchev–Trinajstić information content (AvgIpc) is 2.49. The summed E-state index contributed by atoms with van der Waals surface area (Å²) in [6.45, 7) is 4.07. The third kappa shape index (κ3) is 5.54. The summed E-state index contributed by atoms with van der Waals surface area (Å²) >= 11 is 6.16. The van der Waals surface area contributed by atoms with Gasteiger partial charge in [-0.1, -0.05) is 39.0 Å². The van der Waals surface area contributed by atoms with E-state index in [-0.39, 0.29) is 6.29 Å².